The number of benzene rings is 1. The Bertz CT molecular complexity index is 1320. The van der Waals surface area contributed by atoms with Crippen LogP contribution >= 0.6 is 0 Å². The molecule has 0 amide bonds. The molecule has 1 saturated heterocycles. The molecule has 7 nitrogen and oxygen atoms in total. The van der Waals surface area contributed by atoms with Crippen LogP contribution in [-0.2, 0) is 4.74 Å². The number of aliphatic imine (C=N–C) groups is 1. The van der Waals surface area contributed by atoms with Crippen LogP contribution in [0.4, 0.5) is 20.4 Å². The molecule has 1 saturated carbocycles. The number of ether oxygens (including phenoxy) is 1. The van der Waals surface area contributed by atoms with Crippen molar-refractivity contribution in [3.63, 3.8) is 0 Å². The molecule has 2 N–H and O–H groups in total. The molecule has 2 aliphatic heterocycles. The summed E-state index contributed by atoms with van der Waals surface area (Å²) in [5.74, 6) is 0.473. The fourth-order valence-electron chi connectivity index (χ4n) is 5.75. The van der Waals surface area contributed by atoms with Crippen LogP contribution in [0.2, 0.25) is 0 Å². The minimum Gasteiger partial charge on any atom is -0.380 e. The predicted molar refractivity (Wildman–Crippen MR) is 131 cm³/mol. The molecule has 3 aromatic rings. The van der Waals surface area contributed by atoms with Crippen LogP contribution in [0.25, 0.3) is 16.6 Å². The number of hydrogen-bond acceptors (Lipinski definition) is 5. The number of nitrogens with zero attached hydrogens (tertiary/aromatic N) is 3. The van der Waals surface area contributed by atoms with E-state index in [0.29, 0.717) is 29.7 Å². The van der Waals surface area contributed by atoms with Crippen LogP contribution in [0.5, 0.6) is 0 Å². The molecule has 9 heteroatoms. The average Bonchev–Trinajstić information content (AvgIpc) is 3.26. The second-order valence-electron chi connectivity index (χ2n) is 10.2. The molecule has 1 spiro atoms. The largest absolute Gasteiger partial charge is 0.380 e. The minimum absolute atomic E-state index is 0.00123. The lowest BCUT2D eigenvalue weighted by atomic mass is 9.71. The Kier molecular flexibility index (Phi) is 5.67. The van der Waals surface area contributed by atoms with Crippen molar-refractivity contribution in [1.29, 1.82) is 0 Å². The maximum absolute atomic E-state index is 13.1. The first-order valence-corrected chi connectivity index (χ1v) is 12.4. The molecule has 0 bridgehead atoms. The summed E-state index contributed by atoms with van der Waals surface area (Å²) in [7, 11) is 0. The van der Waals surface area contributed by atoms with Crippen molar-refractivity contribution < 1.29 is 13.5 Å². The summed E-state index contributed by atoms with van der Waals surface area (Å²) in [5.41, 5.74) is 4.01. The normalized spacial score (nSPS) is 21.4. The zero-order valence-electron chi connectivity index (χ0n) is 19.5. The van der Waals surface area contributed by atoms with Gasteiger partial charge in [0, 0.05) is 35.9 Å². The Hall–Kier alpha value is -3.07. The van der Waals surface area contributed by atoms with E-state index in [1.165, 1.54) is 0 Å². The van der Waals surface area contributed by atoms with Crippen molar-refractivity contribution >= 4 is 23.4 Å². The fraction of sp³-hybridized carbons (Fsp3) is 0.500. The van der Waals surface area contributed by atoms with E-state index in [1.807, 2.05) is 24.3 Å². The molecule has 1 atom stereocenters. The van der Waals surface area contributed by atoms with Gasteiger partial charge in [-0.1, -0.05) is 6.07 Å². The number of anilines is 1. The molecule has 4 heterocycles. The standard InChI is InChI=1S/C26H29F2N5O2/c27-22(28)4-2-16-7-11-29-21-3-1-17(13-20(16)21)19-8-12-33-23(19)24(34)31-25(32-33)30-18-5-9-26(10-6-18)14-35-15-26/h1,3,8,11-13,16,18,22H,2,4-7,9-10,14-15H2,(H2,30,31,32,34)/t16-/m1/s1. The van der Waals surface area contributed by atoms with E-state index in [-0.39, 0.29) is 23.9 Å². The number of nitrogens with one attached hydrogen (secondary N) is 2. The highest BCUT2D eigenvalue weighted by atomic mass is 19.3. The highest BCUT2D eigenvalue weighted by Crippen LogP contribution is 2.43. The van der Waals surface area contributed by atoms with Crippen molar-refractivity contribution in [2.45, 2.75) is 63.3 Å². The number of halogens is 2. The first-order valence-electron chi connectivity index (χ1n) is 12.4. The number of rotatable bonds is 6. The van der Waals surface area contributed by atoms with Crippen molar-refractivity contribution in [3.05, 3.63) is 46.4 Å². The van der Waals surface area contributed by atoms with Gasteiger partial charge in [0.15, 0.2) is 0 Å². The van der Waals surface area contributed by atoms with E-state index in [1.54, 1.807) is 16.9 Å². The van der Waals surface area contributed by atoms with Crippen LogP contribution in [0, 0.1) is 5.41 Å². The molecule has 6 rings (SSSR count). The summed E-state index contributed by atoms with van der Waals surface area (Å²) in [6.07, 6.45) is 6.53. The van der Waals surface area contributed by atoms with Crippen molar-refractivity contribution in [2.75, 3.05) is 18.5 Å². The molecule has 35 heavy (non-hydrogen) atoms. The van der Waals surface area contributed by atoms with E-state index in [9.17, 15) is 13.6 Å². The Morgan fingerprint density at radius 3 is 2.80 bits per heavy atom. The van der Waals surface area contributed by atoms with Crippen LogP contribution in [-0.4, -0.2) is 46.5 Å². The summed E-state index contributed by atoms with van der Waals surface area (Å²) in [4.78, 5) is 20.5. The molecule has 0 unspecified atom stereocenters. The third-order valence-corrected chi connectivity index (χ3v) is 7.86. The molecule has 0 radical (unpaired) electrons. The molecule has 2 aromatic heterocycles. The van der Waals surface area contributed by atoms with Crippen LogP contribution in [0.1, 0.15) is 56.4 Å². The molecular weight excluding hydrogens is 452 g/mol. The molecule has 3 aliphatic rings. The quantitative estimate of drug-likeness (QED) is 0.501. The average molecular weight is 482 g/mol. The second-order valence-corrected chi connectivity index (χ2v) is 10.2. The van der Waals surface area contributed by atoms with Gasteiger partial charge in [0.25, 0.3) is 5.56 Å². The van der Waals surface area contributed by atoms with E-state index in [0.717, 1.165) is 61.3 Å². The van der Waals surface area contributed by atoms with Gasteiger partial charge in [0.1, 0.15) is 5.52 Å². The Morgan fingerprint density at radius 1 is 1.23 bits per heavy atom. The van der Waals surface area contributed by atoms with Crippen LogP contribution in [0.15, 0.2) is 40.2 Å². The maximum Gasteiger partial charge on any atom is 0.277 e. The molecular formula is C26H29F2N5O2. The van der Waals surface area contributed by atoms with E-state index < -0.39 is 6.43 Å². The summed E-state index contributed by atoms with van der Waals surface area (Å²) in [5, 5.41) is 8.03. The van der Waals surface area contributed by atoms with Gasteiger partial charge in [0.05, 0.1) is 18.9 Å². The summed E-state index contributed by atoms with van der Waals surface area (Å²) < 4.78 is 32.7. The summed E-state index contributed by atoms with van der Waals surface area (Å²) in [6, 6.07) is 7.98. The fourth-order valence-corrected chi connectivity index (χ4v) is 5.75. The minimum atomic E-state index is -2.31. The first-order chi connectivity index (χ1) is 17.0. The van der Waals surface area contributed by atoms with Gasteiger partial charge in [-0.05, 0) is 73.8 Å². The van der Waals surface area contributed by atoms with Gasteiger partial charge in [-0.15, -0.1) is 5.10 Å². The smallest absolute Gasteiger partial charge is 0.277 e. The SMILES string of the molecule is O=c1[nH]c(NC2CCC3(CC2)COC3)nn2ccc(-c3ccc4c(c3)[C@H](CCC(F)F)CC=N4)c12. The zero-order chi connectivity index (χ0) is 24.0. The third-order valence-electron chi connectivity index (χ3n) is 7.86. The number of H-pyrrole nitrogens is 1. The van der Waals surface area contributed by atoms with E-state index in [4.69, 9.17) is 4.74 Å². The highest BCUT2D eigenvalue weighted by molar-refractivity contribution is 5.83. The number of alkyl halides is 2. The molecule has 184 valence electrons. The van der Waals surface area contributed by atoms with Gasteiger partial charge in [-0.25, -0.2) is 13.3 Å². The third kappa shape index (κ3) is 4.26. The van der Waals surface area contributed by atoms with Gasteiger partial charge in [-0.3, -0.25) is 14.8 Å². The highest BCUT2D eigenvalue weighted by Gasteiger charge is 2.41. The van der Waals surface area contributed by atoms with Crippen molar-refractivity contribution in [3.8, 4) is 11.1 Å². The van der Waals surface area contributed by atoms with Crippen molar-refractivity contribution in [2.24, 2.45) is 10.4 Å². The van der Waals surface area contributed by atoms with Crippen LogP contribution < -0.4 is 10.9 Å². The van der Waals surface area contributed by atoms with Crippen LogP contribution in [0.3, 0.4) is 0 Å². The predicted octanol–water partition coefficient (Wildman–Crippen LogP) is 5.30. The number of aromatic nitrogens is 3. The van der Waals surface area contributed by atoms with E-state index in [2.05, 4.69) is 20.4 Å². The Labute approximate surface area is 201 Å². The summed E-state index contributed by atoms with van der Waals surface area (Å²) in [6.45, 7) is 1.74. The second kappa shape index (κ2) is 8.86. The molecule has 2 fully saturated rings. The van der Waals surface area contributed by atoms with Gasteiger partial charge in [0.2, 0.25) is 12.4 Å². The van der Waals surface area contributed by atoms with Crippen molar-refractivity contribution in [1.82, 2.24) is 14.6 Å². The Morgan fingerprint density at radius 2 is 2.06 bits per heavy atom. The monoisotopic (exact) mass is 481 g/mol. The lowest BCUT2D eigenvalue weighted by molar-refractivity contribution is -0.131. The molecule has 1 aliphatic carbocycles. The first kappa shape index (κ1) is 22.4. The number of aromatic amines is 1. The Balaban J connectivity index is 1.25. The lowest BCUT2D eigenvalue weighted by Gasteiger charge is -2.46. The summed E-state index contributed by atoms with van der Waals surface area (Å²) >= 11 is 0. The van der Waals surface area contributed by atoms with Gasteiger partial charge < -0.3 is 10.1 Å². The number of hydrogen-bond donors (Lipinski definition) is 2. The number of fused-ring (bicyclic) bond motifs is 2. The van der Waals surface area contributed by atoms with Gasteiger partial charge >= 0.3 is 0 Å². The van der Waals surface area contributed by atoms with Gasteiger partial charge in [-0.2, -0.15) is 0 Å². The maximum atomic E-state index is 13.1. The molecule has 1 aromatic carbocycles. The van der Waals surface area contributed by atoms with E-state index >= 15 is 0 Å². The topological polar surface area (TPSA) is 83.8 Å². The lowest BCUT2D eigenvalue weighted by Crippen LogP contribution is -2.47. The zero-order valence-corrected chi connectivity index (χ0v) is 19.5.